The van der Waals surface area contributed by atoms with Gasteiger partial charge in [0.1, 0.15) is 0 Å². The minimum atomic E-state index is -0.541. The highest BCUT2D eigenvalue weighted by Crippen LogP contribution is 2.33. The average Bonchev–Trinajstić information content (AvgIpc) is 2.15. The number of aliphatic hydroxyl groups excluding tert-OH is 1. The van der Waals surface area contributed by atoms with Crippen LogP contribution in [0.2, 0.25) is 0 Å². The van der Waals surface area contributed by atoms with Crippen LogP contribution in [-0.2, 0) is 0 Å². The molecule has 68 valence electrons. The number of benzene rings is 1. The second-order valence-corrected chi connectivity index (χ2v) is 2.61. The van der Waals surface area contributed by atoms with Crippen LogP contribution in [0, 0.1) is 5.21 Å². The van der Waals surface area contributed by atoms with E-state index >= 15 is 0 Å². The molecule has 2 rings (SSSR count). The molecule has 0 amide bonds. The molecule has 0 saturated heterocycles. The van der Waals surface area contributed by atoms with E-state index in [2.05, 4.69) is 0 Å². The van der Waals surface area contributed by atoms with Crippen LogP contribution < -0.4 is 10.1 Å². The molecule has 0 radical (unpaired) electrons. The zero-order valence-corrected chi connectivity index (χ0v) is 6.58. The summed E-state index contributed by atoms with van der Waals surface area (Å²) in [5.74, 6) is -0.541. The number of hydrogen-bond acceptors (Lipinski definition) is 5. The lowest BCUT2D eigenvalue weighted by Crippen LogP contribution is -2.26. The molecule has 0 aliphatic carbocycles. The summed E-state index contributed by atoms with van der Waals surface area (Å²) in [6.07, 6.45) is 0.940. The first-order valence-electron chi connectivity index (χ1n) is 3.65. The van der Waals surface area contributed by atoms with E-state index in [0.29, 0.717) is 15.8 Å². The zero-order valence-electron chi connectivity index (χ0n) is 6.58. The van der Waals surface area contributed by atoms with Gasteiger partial charge in [-0.1, -0.05) is 12.1 Å². The van der Waals surface area contributed by atoms with Crippen LogP contribution in [0.4, 0.5) is 11.4 Å². The highest BCUT2D eigenvalue weighted by molar-refractivity contribution is 5.75. The van der Waals surface area contributed by atoms with Gasteiger partial charge in [-0.05, 0) is 12.1 Å². The predicted octanol–water partition coefficient (Wildman–Crippen LogP) is 1.56. The van der Waals surface area contributed by atoms with Crippen LogP contribution in [-0.4, -0.2) is 10.3 Å². The highest BCUT2D eigenvalue weighted by Gasteiger charge is 2.16. The van der Waals surface area contributed by atoms with Gasteiger partial charge in [-0.15, -0.1) is 0 Å². The second-order valence-electron chi connectivity index (χ2n) is 2.61. The van der Waals surface area contributed by atoms with E-state index < -0.39 is 5.88 Å². The zero-order chi connectivity index (χ0) is 9.42. The van der Waals surface area contributed by atoms with E-state index in [1.165, 1.54) is 6.07 Å². The summed E-state index contributed by atoms with van der Waals surface area (Å²) >= 11 is 0. The molecule has 5 heteroatoms. The van der Waals surface area contributed by atoms with Crippen molar-refractivity contribution in [3.63, 3.8) is 0 Å². The van der Waals surface area contributed by atoms with Crippen LogP contribution in [0.15, 0.2) is 36.3 Å². The van der Waals surface area contributed by atoms with Gasteiger partial charge in [-0.2, -0.15) is 0 Å². The minimum Gasteiger partial charge on any atom is -0.752 e. The van der Waals surface area contributed by atoms with Gasteiger partial charge in [-0.25, -0.2) is 5.06 Å². The lowest BCUT2D eigenvalue weighted by molar-refractivity contribution is 0.281. The van der Waals surface area contributed by atoms with Gasteiger partial charge in [0.25, 0.3) is 0 Å². The third-order valence-corrected chi connectivity index (χ3v) is 1.79. The summed E-state index contributed by atoms with van der Waals surface area (Å²) < 4.78 is 0. The topological polar surface area (TPSA) is 70.0 Å². The van der Waals surface area contributed by atoms with Gasteiger partial charge in [0.2, 0.25) is 0 Å². The molecule has 0 atom stereocenters. The van der Waals surface area contributed by atoms with Crippen molar-refractivity contribution in [2.45, 2.75) is 0 Å². The van der Waals surface area contributed by atoms with Crippen LogP contribution >= 0.6 is 0 Å². The molecule has 0 fully saturated rings. The Morgan fingerprint density at radius 2 is 1.77 bits per heavy atom. The fraction of sp³-hybridized carbons (Fsp3) is 0. The van der Waals surface area contributed by atoms with E-state index in [0.717, 1.165) is 6.20 Å². The molecule has 0 saturated carbocycles. The minimum absolute atomic E-state index is 0.213. The number of hydrogen-bond donors (Lipinski definition) is 2. The summed E-state index contributed by atoms with van der Waals surface area (Å²) in [5.41, 5.74) is 0.556. The van der Waals surface area contributed by atoms with E-state index in [-0.39, 0.29) is 5.69 Å². The van der Waals surface area contributed by atoms with E-state index in [1.807, 2.05) is 0 Å². The summed E-state index contributed by atoms with van der Waals surface area (Å²) in [6, 6.07) is 6.42. The summed E-state index contributed by atoms with van der Waals surface area (Å²) in [6.45, 7) is 0. The molecule has 0 spiro atoms. The third kappa shape index (κ3) is 1.10. The van der Waals surface area contributed by atoms with E-state index in [9.17, 15) is 10.4 Å². The Hall–Kier alpha value is -1.72. The van der Waals surface area contributed by atoms with Gasteiger partial charge in [-0.3, -0.25) is 5.21 Å². The van der Waals surface area contributed by atoms with Gasteiger partial charge >= 0.3 is 0 Å². The smallest absolute Gasteiger partial charge is 0.200 e. The molecule has 13 heavy (non-hydrogen) atoms. The molecule has 1 aliphatic rings. The maximum absolute atomic E-state index is 11.2. The molecule has 2 N–H and O–H groups in total. The molecule has 1 aromatic carbocycles. The third-order valence-electron chi connectivity index (χ3n) is 1.79. The summed E-state index contributed by atoms with van der Waals surface area (Å²) in [7, 11) is 0. The molecular formula is C8H7N2O3-. The largest absolute Gasteiger partial charge is 0.752 e. The Morgan fingerprint density at radius 3 is 2.46 bits per heavy atom. The molecule has 0 unspecified atom stereocenters. The SMILES string of the molecule is [O-]N1C(O)=CN(O)c2ccccc21. The molecular weight excluding hydrogens is 172 g/mol. The van der Waals surface area contributed by atoms with Crippen molar-refractivity contribution in [1.29, 1.82) is 0 Å². The summed E-state index contributed by atoms with van der Waals surface area (Å²) in [4.78, 5) is 0. The van der Waals surface area contributed by atoms with Crippen LogP contribution in [0.25, 0.3) is 0 Å². The second kappa shape index (κ2) is 2.65. The number of anilines is 2. The van der Waals surface area contributed by atoms with Crippen LogP contribution in [0.5, 0.6) is 0 Å². The van der Waals surface area contributed by atoms with Gasteiger partial charge in [0, 0.05) is 0 Å². The number of nitrogens with zero attached hydrogens (tertiary/aromatic N) is 2. The lowest BCUT2D eigenvalue weighted by atomic mass is 10.2. The number of aliphatic hydroxyl groups is 1. The highest BCUT2D eigenvalue weighted by atomic mass is 16.5. The molecule has 0 bridgehead atoms. The first-order valence-corrected chi connectivity index (χ1v) is 3.65. The lowest BCUT2D eigenvalue weighted by Gasteiger charge is -2.36. The number of para-hydroxylation sites is 2. The fourth-order valence-corrected chi connectivity index (χ4v) is 1.18. The van der Waals surface area contributed by atoms with Crippen molar-refractivity contribution in [1.82, 2.24) is 0 Å². The Balaban J connectivity index is 2.55. The Bertz CT molecular complexity index is 364. The van der Waals surface area contributed by atoms with Gasteiger partial charge < -0.3 is 15.4 Å². The van der Waals surface area contributed by atoms with Gasteiger partial charge in [0.05, 0.1) is 17.6 Å². The molecule has 0 aromatic heterocycles. The average molecular weight is 179 g/mol. The predicted molar refractivity (Wildman–Crippen MR) is 47.3 cm³/mol. The molecule has 1 aliphatic heterocycles. The molecule has 5 nitrogen and oxygen atoms in total. The first kappa shape index (κ1) is 7.90. The summed E-state index contributed by atoms with van der Waals surface area (Å²) in [5, 5.41) is 30.6. The van der Waals surface area contributed by atoms with Crippen molar-refractivity contribution in [3.05, 3.63) is 41.6 Å². The van der Waals surface area contributed by atoms with Crippen LogP contribution in [0.3, 0.4) is 0 Å². The standard InChI is InChI=1S/C8H7N2O3/c11-8-5-9(12)6-3-1-2-4-7(6)10(8)13/h1-5,11-12H/q-1. The Kier molecular flexibility index (Phi) is 1.61. The Labute approximate surface area is 74.3 Å². The Morgan fingerprint density at radius 1 is 1.15 bits per heavy atom. The van der Waals surface area contributed by atoms with Crippen LogP contribution in [0.1, 0.15) is 0 Å². The normalized spacial score (nSPS) is 15.4. The van der Waals surface area contributed by atoms with Crippen molar-refractivity contribution >= 4 is 11.4 Å². The van der Waals surface area contributed by atoms with Crippen molar-refractivity contribution in [3.8, 4) is 0 Å². The maximum Gasteiger partial charge on any atom is 0.200 e. The van der Waals surface area contributed by atoms with E-state index in [4.69, 9.17) is 5.11 Å². The van der Waals surface area contributed by atoms with Gasteiger partial charge in [0.15, 0.2) is 5.88 Å². The number of hydroxylamine groups is 2. The monoisotopic (exact) mass is 179 g/mol. The number of fused-ring (bicyclic) bond motifs is 1. The molecule has 1 aromatic rings. The maximum atomic E-state index is 11.2. The molecule has 1 heterocycles. The fourth-order valence-electron chi connectivity index (χ4n) is 1.18. The van der Waals surface area contributed by atoms with Crippen molar-refractivity contribution < 1.29 is 10.3 Å². The van der Waals surface area contributed by atoms with E-state index in [1.54, 1.807) is 18.2 Å². The number of rotatable bonds is 0. The van der Waals surface area contributed by atoms with Crippen molar-refractivity contribution in [2.75, 3.05) is 10.1 Å². The van der Waals surface area contributed by atoms with Crippen molar-refractivity contribution in [2.24, 2.45) is 0 Å². The first-order chi connectivity index (χ1) is 6.20. The quantitative estimate of drug-likeness (QED) is 0.632.